The van der Waals surface area contributed by atoms with Gasteiger partial charge in [0.25, 0.3) is 5.56 Å². The highest BCUT2D eigenvalue weighted by Gasteiger charge is 2.23. The molecule has 1 fully saturated rings. The van der Waals surface area contributed by atoms with Gasteiger partial charge in [-0.25, -0.2) is 15.0 Å². The summed E-state index contributed by atoms with van der Waals surface area (Å²) in [6.07, 6.45) is 3.09. The number of ether oxygens (including phenoxy) is 1. The Bertz CT molecular complexity index is 686. The molecule has 1 saturated heterocycles. The molecule has 21 heavy (non-hydrogen) atoms. The first-order valence-electron chi connectivity index (χ1n) is 6.85. The van der Waals surface area contributed by atoms with Crippen LogP contribution in [-0.2, 0) is 11.8 Å². The Morgan fingerprint density at radius 2 is 2.24 bits per heavy atom. The van der Waals surface area contributed by atoms with Crippen molar-refractivity contribution >= 4 is 5.95 Å². The van der Waals surface area contributed by atoms with Gasteiger partial charge in [0.05, 0.1) is 30.6 Å². The van der Waals surface area contributed by atoms with Gasteiger partial charge >= 0.3 is 0 Å². The second-order valence-electron chi connectivity index (χ2n) is 5.05. The van der Waals surface area contributed by atoms with Gasteiger partial charge in [-0.15, -0.1) is 0 Å². The van der Waals surface area contributed by atoms with Crippen LogP contribution in [0.1, 0.15) is 6.92 Å². The number of hydrogen-bond donors (Lipinski definition) is 0. The molecule has 1 aliphatic rings. The third-order valence-corrected chi connectivity index (χ3v) is 3.58. The highest BCUT2D eigenvalue weighted by Crippen LogP contribution is 2.19. The third-order valence-electron chi connectivity index (χ3n) is 3.58. The molecule has 0 amide bonds. The zero-order valence-corrected chi connectivity index (χ0v) is 12.1. The van der Waals surface area contributed by atoms with Crippen molar-refractivity contribution in [2.75, 3.05) is 24.7 Å². The quantitative estimate of drug-likeness (QED) is 0.799. The van der Waals surface area contributed by atoms with E-state index in [1.165, 1.54) is 12.4 Å². The van der Waals surface area contributed by atoms with Gasteiger partial charge < -0.3 is 9.64 Å². The van der Waals surface area contributed by atoms with Crippen molar-refractivity contribution in [1.82, 2.24) is 19.5 Å². The average Bonchev–Trinajstić information content (AvgIpc) is 2.51. The van der Waals surface area contributed by atoms with Crippen LogP contribution in [0.25, 0.3) is 11.4 Å². The van der Waals surface area contributed by atoms with Gasteiger partial charge in [-0.3, -0.25) is 9.36 Å². The standard InChI is InChI=1S/C14H17N5O2/c1-10-8-21-6-5-19(10)14-17-12(7-13(20)18(14)2)11-3-4-15-9-16-11/h3-4,7,9-10H,5-6,8H2,1-2H3/t10-/m1/s1. The summed E-state index contributed by atoms with van der Waals surface area (Å²) in [5.41, 5.74) is 1.10. The monoisotopic (exact) mass is 287 g/mol. The molecular weight excluding hydrogens is 270 g/mol. The summed E-state index contributed by atoms with van der Waals surface area (Å²) in [5.74, 6) is 0.645. The van der Waals surface area contributed by atoms with E-state index in [4.69, 9.17) is 4.74 Å². The van der Waals surface area contributed by atoms with Crippen LogP contribution in [0.2, 0.25) is 0 Å². The van der Waals surface area contributed by atoms with Crippen LogP contribution in [0, 0.1) is 0 Å². The largest absolute Gasteiger partial charge is 0.377 e. The summed E-state index contributed by atoms with van der Waals surface area (Å²) in [6, 6.07) is 3.42. The third kappa shape index (κ3) is 2.64. The summed E-state index contributed by atoms with van der Waals surface area (Å²) < 4.78 is 7.00. The van der Waals surface area contributed by atoms with E-state index in [-0.39, 0.29) is 11.6 Å². The molecular formula is C14H17N5O2. The molecule has 2 aromatic rings. The zero-order valence-electron chi connectivity index (χ0n) is 12.1. The predicted molar refractivity (Wildman–Crippen MR) is 78.1 cm³/mol. The summed E-state index contributed by atoms with van der Waals surface area (Å²) in [4.78, 5) is 27.0. The summed E-state index contributed by atoms with van der Waals surface area (Å²) >= 11 is 0. The Hall–Kier alpha value is -2.28. The number of hydrogen-bond acceptors (Lipinski definition) is 6. The lowest BCUT2D eigenvalue weighted by Gasteiger charge is -2.34. The lowest BCUT2D eigenvalue weighted by molar-refractivity contribution is 0.0976. The molecule has 0 aliphatic carbocycles. The maximum absolute atomic E-state index is 12.2. The van der Waals surface area contributed by atoms with Crippen LogP contribution >= 0.6 is 0 Å². The van der Waals surface area contributed by atoms with Gasteiger partial charge in [-0.1, -0.05) is 0 Å². The molecule has 0 saturated carbocycles. The second-order valence-corrected chi connectivity index (χ2v) is 5.05. The molecule has 0 aromatic carbocycles. The van der Waals surface area contributed by atoms with Crippen LogP contribution in [0.3, 0.4) is 0 Å². The fourth-order valence-corrected chi connectivity index (χ4v) is 2.38. The number of rotatable bonds is 2. The van der Waals surface area contributed by atoms with Crippen LogP contribution < -0.4 is 10.5 Å². The SMILES string of the molecule is C[C@@H]1COCCN1c1nc(-c2ccncn2)cc(=O)n1C. The summed E-state index contributed by atoms with van der Waals surface area (Å²) in [5, 5.41) is 0. The first-order valence-corrected chi connectivity index (χ1v) is 6.85. The predicted octanol–water partition coefficient (Wildman–Crippen LogP) is 0.462. The van der Waals surface area contributed by atoms with Gasteiger partial charge in [0.15, 0.2) is 0 Å². The molecule has 110 valence electrons. The number of nitrogens with zero attached hydrogens (tertiary/aromatic N) is 5. The van der Waals surface area contributed by atoms with Crippen molar-refractivity contribution in [3.05, 3.63) is 35.0 Å². The minimum absolute atomic E-state index is 0.104. The Morgan fingerprint density at radius 3 is 2.95 bits per heavy atom. The molecule has 0 radical (unpaired) electrons. The van der Waals surface area contributed by atoms with E-state index in [1.54, 1.807) is 23.9 Å². The Labute approximate surface area is 122 Å². The lowest BCUT2D eigenvalue weighted by atomic mass is 10.2. The topological polar surface area (TPSA) is 73.1 Å². The van der Waals surface area contributed by atoms with Crippen LogP contribution in [0.15, 0.2) is 29.5 Å². The Kier molecular flexibility index (Phi) is 3.66. The minimum Gasteiger partial charge on any atom is -0.377 e. The van der Waals surface area contributed by atoms with E-state index >= 15 is 0 Å². The van der Waals surface area contributed by atoms with Crippen molar-refractivity contribution in [1.29, 1.82) is 0 Å². The average molecular weight is 287 g/mol. The molecule has 1 aliphatic heterocycles. The Balaban J connectivity index is 2.08. The fraction of sp³-hybridized carbons (Fsp3) is 0.429. The lowest BCUT2D eigenvalue weighted by Crippen LogP contribution is -2.46. The highest BCUT2D eigenvalue weighted by molar-refractivity contribution is 5.55. The van der Waals surface area contributed by atoms with Gasteiger partial charge in [-0.05, 0) is 13.0 Å². The maximum Gasteiger partial charge on any atom is 0.255 e. The molecule has 0 bridgehead atoms. The van der Waals surface area contributed by atoms with Crippen LogP contribution in [0.4, 0.5) is 5.95 Å². The van der Waals surface area contributed by atoms with Crippen molar-refractivity contribution in [3.8, 4) is 11.4 Å². The van der Waals surface area contributed by atoms with Gasteiger partial charge in [0, 0.05) is 25.9 Å². The molecule has 7 nitrogen and oxygen atoms in total. The second kappa shape index (κ2) is 5.61. The number of anilines is 1. The molecule has 0 N–H and O–H groups in total. The number of aromatic nitrogens is 4. The van der Waals surface area contributed by atoms with Crippen molar-refractivity contribution < 1.29 is 4.74 Å². The minimum atomic E-state index is -0.104. The fourth-order valence-electron chi connectivity index (χ4n) is 2.38. The summed E-state index contributed by atoms with van der Waals surface area (Å²) in [7, 11) is 1.73. The van der Waals surface area contributed by atoms with Gasteiger partial charge in [0.1, 0.15) is 6.33 Å². The maximum atomic E-state index is 12.2. The smallest absolute Gasteiger partial charge is 0.255 e. The molecule has 0 unspecified atom stereocenters. The molecule has 2 aromatic heterocycles. The van der Waals surface area contributed by atoms with E-state index in [0.29, 0.717) is 37.1 Å². The van der Waals surface area contributed by atoms with Gasteiger partial charge in [-0.2, -0.15) is 0 Å². The normalized spacial score (nSPS) is 18.8. The van der Waals surface area contributed by atoms with E-state index in [9.17, 15) is 4.79 Å². The van der Waals surface area contributed by atoms with Crippen molar-refractivity contribution in [2.24, 2.45) is 7.05 Å². The highest BCUT2D eigenvalue weighted by atomic mass is 16.5. The molecule has 0 spiro atoms. The van der Waals surface area contributed by atoms with Crippen molar-refractivity contribution in [2.45, 2.75) is 13.0 Å². The van der Waals surface area contributed by atoms with E-state index in [2.05, 4.69) is 26.8 Å². The molecule has 3 heterocycles. The van der Waals surface area contributed by atoms with E-state index in [1.807, 2.05) is 0 Å². The van der Waals surface area contributed by atoms with E-state index < -0.39 is 0 Å². The number of morpholine rings is 1. The van der Waals surface area contributed by atoms with Crippen molar-refractivity contribution in [3.63, 3.8) is 0 Å². The van der Waals surface area contributed by atoms with Crippen LogP contribution in [0.5, 0.6) is 0 Å². The first-order chi connectivity index (χ1) is 10.2. The first kappa shape index (κ1) is 13.7. The zero-order chi connectivity index (χ0) is 14.8. The molecule has 7 heteroatoms. The Morgan fingerprint density at radius 1 is 1.38 bits per heavy atom. The van der Waals surface area contributed by atoms with Gasteiger partial charge in [0.2, 0.25) is 5.95 Å². The molecule has 1 atom stereocenters. The summed E-state index contributed by atoms with van der Waals surface area (Å²) in [6.45, 7) is 4.04. The van der Waals surface area contributed by atoms with Crippen LogP contribution in [-0.4, -0.2) is 45.3 Å². The van der Waals surface area contributed by atoms with E-state index in [0.717, 1.165) is 0 Å². The molecule has 3 rings (SSSR count).